The molecule has 0 bridgehead atoms. The molecule has 0 unspecified atom stereocenters. The number of rotatable bonds is 6. The molecule has 4 heteroatoms. The summed E-state index contributed by atoms with van der Waals surface area (Å²) in [6, 6.07) is 17.3. The second kappa shape index (κ2) is 7.72. The highest BCUT2D eigenvalue weighted by Crippen LogP contribution is 2.11. The van der Waals surface area contributed by atoms with E-state index in [2.05, 4.69) is 5.48 Å². The molecule has 0 spiro atoms. The molecule has 0 aromatic heterocycles. The van der Waals surface area contributed by atoms with Crippen LogP contribution in [0.3, 0.4) is 0 Å². The number of hydroxylamine groups is 1. The van der Waals surface area contributed by atoms with E-state index in [0.29, 0.717) is 12.2 Å². The van der Waals surface area contributed by atoms with Crippen LogP contribution in [0, 0.1) is 0 Å². The Kier molecular flexibility index (Phi) is 5.65. The van der Waals surface area contributed by atoms with E-state index < -0.39 is 0 Å². The summed E-state index contributed by atoms with van der Waals surface area (Å²) in [7, 11) is 0. The monoisotopic (exact) mass is 287 g/mol. The minimum atomic E-state index is -0.219. The quantitative estimate of drug-likeness (QED) is 0.827. The molecule has 2 aromatic carbocycles. The van der Waals surface area contributed by atoms with E-state index in [9.17, 15) is 4.79 Å². The average Bonchev–Trinajstić information content (AvgIpc) is 2.49. The second-order valence-electron chi connectivity index (χ2n) is 4.34. The van der Waals surface area contributed by atoms with Crippen molar-refractivity contribution < 1.29 is 9.63 Å². The van der Waals surface area contributed by atoms with Gasteiger partial charge in [-0.1, -0.05) is 42.5 Å². The Morgan fingerprint density at radius 3 is 2.60 bits per heavy atom. The lowest BCUT2D eigenvalue weighted by Gasteiger charge is -2.07. The summed E-state index contributed by atoms with van der Waals surface area (Å²) >= 11 is 1.73. The van der Waals surface area contributed by atoms with Gasteiger partial charge >= 0.3 is 0 Å². The molecule has 0 heterocycles. The number of benzene rings is 2. The standard InChI is InChI=1S/C16H17NO2S/c1-20-12-14-8-5-9-15(10-14)16(18)17-19-11-13-6-3-2-4-7-13/h2-10H,11-12H2,1H3,(H,17,18). The summed E-state index contributed by atoms with van der Waals surface area (Å²) in [5.74, 6) is 0.676. The zero-order valence-corrected chi connectivity index (χ0v) is 12.2. The van der Waals surface area contributed by atoms with Crippen LogP contribution < -0.4 is 5.48 Å². The minimum Gasteiger partial charge on any atom is -0.269 e. The first-order chi connectivity index (χ1) is 9.79. The van der Waals surface area contributed by atoms with Crippen molar-refractivity contribution >= 4 is 17.7 Å². The van der Waals surface area contributed by atoms with Crippen LogP contribution in [0.4, 0.5) is 0 Å². The lowest BCUT2D eigenvalue weighted by molar-refractivity contribution is 0.0233. The van der Waals surface area contributed by atoms with Crippen LogP contribution >= 0.6 is 11.8 Å². The summed E-state index contributed by atoms with van der Waals surface area (Å²) in [6.07, 6.45) is 2.04. The average molecular weight is 287 g/mol. The lowest BCUT2D eigenvalue weighted by atomic mass is 10.1. The zero-order chi connectivity index (χ0) is 14.2. The molecule has 0 atom stereocenters. The predicted molar refractivity (Wildman–Crippen MR) is 82.4 cm³/mol. The highest BCUT2D eigenvalue weighted by atomic mass is 32.2. The Morgan fingerprint density at radius 2 is 1.85 bits per heavy atom. The van der Waals surface area contributed by atoms with E-state index in [0.717, 1.165) is 16.9 Å². The van der Waals surface area contributed by atoms with Crippen molar-refractivity contribution in [2.75, 3.05) is 6.26 Å². The predicted octanol–water partition coefficient (Wildman–Crippen LogP) is 3.41. The first-order valence-electron chi connectivity index (χ1n) is 6.33. The van der Waals surface area contributed by atoms with Crippen molar-refractivity contribution in [3.63, 3.8) is 0 Å². The lowest BCUT2D eigenvalue weighted by Crippen LogP contribution is -2.23. The molecule has 1 amide bonds. The van der Waals surface area contributed by atoms with Gasteiger partial charge in [-0.05, 0) is 29.5 Å². The van der Waals surface area contributed by atoms with Gasteiger partial charge in [0, 0.05) is 11.3 Å². The number of carbonyl (C=O) groups excluding carboxylic acids is 1. The second-order valence-corrected chi connectivity index (χ2v) is 5.20. The maximum Gasteiger partial charge on any atom is 0.274 e. The fourth-order valence-corrected chi connectivity index (χ4v) is 2.30. The third-order valence-corrected chi connectivity index (χ3v) is 3.37. The first-order valence-corrected chi connectivity index (χ1v) is 7.73. The van der Waals surface area contributed by atoms with E-state index in [4.69, 9.17) is 4.84 Å². The van der Waals surface area contributed by atoms with E-state index in [1.165, 1.54) is 0 Å². The summed E-state index contributed by atoms with van der Waals surface area (Å²) < 4.78 is 0. The molecular formula is C16H17NO2S. The van der Waals surface area contributed by atoms with Gasteiger partial charge in [0.2, 0.25) is 0 Å². The number of carbonyl (C=O) groups is 1. The van der Waals surface area contributed by atoms with Crippen molar-refractivity contribution in [3.05, 3.63) is 71.3 Å². The number of thioether (sulfide) groups is 1. The molecule has 0 aliphatic carbocycles. The molecule has 2 aromatic rings. The molecule has 3 nitrogen and oxygen atoms in total. The van der Waals surface area contributed by atoms with Crippen molar-refractivity contribution in [1.29, 1.82) is 0 Å². The summed E-state index contributed by atoms with van der Waals surface area (Å²) in [5.41, 5.74) is 5.24. The van der Waals surface area contributed by atoms with Gasteiger partial charge in [0.1, 0.15) is 0 Å². The molecule has 0 fully saturated rings. The van der Waals surface area contributed by atoms with Gasteiger partial charge in [0.05, 0.1) is 6.61 Å². The van der Waals surface area contributed by atoms with Crippen LogP contribution in [-0.4, -0.2) is 12.2 Å². The first kappa shape index (κ1) is 14.6. The van der Waals surface area contributed by atoms with Crippen molar-refractivity contribution in [1.82, 2.24) is 5.48 Å². The molecular weight excluding hydrogens is 270 g/mol. The van der Waals surface area contributed by atoms with Gasteiger partial charge in [-0.25, -0.2) is 5.48 Å². The summed E-state index contributed by atoms with van der Waals surface area (Å²) in [6.45, 7) is 0.358. The Balaban J connectivity index is 1.87. The molecule has 0 aliphatic heterocycles. The van der Waals surface area contributed by atoms with Gasteiger partial charge in [-0.3, -0.25) is 9.63 Å². The van der Waals surface area contributed by atoms with Gasteiger partial charge in [0.15, 0.2) is 0 Å². The molecule has 0 radical (unpaired) electrons. The summed E-state index contributed by atoms with van der Waals surface area (Å²) in [4.78, 5) is 17.2. The molecule has 20 heavy (non-hydrogen) atoms. The van der Waals surface area contributed by atoms with Crippen LogP contribution in [-0.2, 0) is 17.2 Å². The minimum absolute atomic E-state index is 0.219. The fourth-order valence-electron chi connectivity index (χ4n) is 1.79. The maximum atomic E-state index is 11.9. The van der Waals surface area contributed by atoms with Gasteiger partial charge < -0.3 is 0 Å². The summed E-state index contributed by atoms with van der Waals surface area (Å²) in [5, 5.41) is 0. The molecule has 1 N–H and O–H groups in total. The van der Waals surface area contributed by atoms with E-state index in [1.54, 1.807) is 17.8 Å². The van der Waals surface area contributed by atoms with Crippen LogP contribution in [0.5, 0.6) is 0 Å². The van der Waals surface area contributed by atoms with Crippen molar-refractivity contribution in [3.8, 4) is 0 Å². The molecule has 104 valence electrons. The molecule has 0 aliphatic rings. The normalized spacial score (nSPS) is 10.2. The fraction of sp³-hybridized carbons (Fsp3) is 0.188. The van der Waals surface area contributed by atoms with Gasteiger partial charge in [0.25, 0.3) is 5.91 Å². The topological polar surface area (TPSA) is 38.3 Å². The number of nitrogens with one attached hydrogen (secondary N) is 1. The Bertz CT molecular complexity index is 557. The molecule has 0 saturated carbocycles. The van der Waals surface area contributed by atoms with Gasteiger partial charge in [-0.2, -0.15) is 11.8 Å². The number of amides is 1. The smallest absolute Gasteiger partial charge is 0.269 e. The van der Waals surface area contributed by atoms with Gasteiger partial charge in [-0.15, -0.1) is 0 Å². The third-order valence-electron chi connectivity index (χ3n) is 2.75. The Labute approximate surface area is 123 Å². The highest BCUT2D eigenvalue weighted by Gasteiger charge is 2.06. The Hall–Kier alpha value is -1.78. The van der Waals surface area contributed by atoms with Crippen molar-refractivity contribution in [2.45, 2.75) is 12.4 Å². The third kappa shape index (κ3) is 4.40. The largest absolute Gasteiger partial charge is 0.274 e. The van der Waals surface area contributed by atoms with Crippen molar-refractivity contribution in [2.24, 2.45) is 0 Å². The number of hydrogen-bond donors (Lipinski definition) is 1. The van der Waals surface area contributed by atoms with E-state index in [1.807, 2.05) is 54.8 Å². The van der Waals surface area contributed by atoms with Crippen LogP contribution in [0.15, 0.2) is 54.6 Å². The van der Waals surface area contributed by atoms with E-state index in [-0.39, 0.29) is 5.91 Å². The Morgan fingerprint density at radius 1 is 1.10 bits per heavy atom. The van der Waals surface area contributed by atoms with E-state index >= 15 is 0 Å². The maximum absolute atomic E-state index is 11.9. The zero-order valence-electron chi connectivity index (χ0n) is 11.3. The molecule has 0 saturated heterocycles. The number of hydrogen-bond acceptors (Lipinski definition) is 3. The van der Waals surface area contributed by atoms with Crippen LogP contribution in [0.2, 0.25) is 0 Å². The SMILES string of the molecule is CSCc1cccc(C(=O)NOCc2ccccc2)c1. The van der Waals surface area contributed by atoms with Crippen LogP contribution in [0.1, 0.15) is 21.5 Å². The molecule has 2 rings (SSSR count). The van der Waals surface area contributed by atoms with Crippen LogP contribution in [0.25, 0.3) is 0 Å². The highest BCUT2D eigenvalue weighted by molar-refractivity contribution is 7.97.